The van der Waals surface area contributed by atoms with Crippen LogP contribution in [0.2, 0.25) is 0 Å². The van der Waals surface area contributed by atoms with Gasteiger partial charge in [0.25, 0.3) is 0 Å². The van der Waals surface area contributed by atoms with Gasteiger partial charge < -0.3 is 5.32 Å². The number of hydrogen-bond acceptors (Lipinski definition) is 4. The lowest BCUT2D eigenvalue weighted by Gasteiger charge is -2.03. The van der Waals surface area contributed by atoms with Crippen molar-refractivity contribution in [2.75, 3.05) is 11.9 Å². The van der Waals surface area contributed by atoms with E-state index in [2.05, 4.69) is 15.3 Å². The molecule has 4 nitrogen and oxygen atoms in total. The van der Waals surface area contributed by atoms with Crippen LogP contribution in [-0.2, 0) is 0 Å². The lowest BCUT2D eigenvalue weighted by atomic mass is 10.3. The molecule has 0 aliphatic rings. The molecule has 0 spiro atoms. The first-order chi connectivity index (χ1) is 5.77. The standard InChI is InChI=1S/C8H10N4/c1-3-10-8-7(4-9)5-11-6(2)12-8/h5H,3H2,1-2H3,(H,10,11,12). The highest BCUT2D eigenvalue weighted by Gasteiger charge is 2.02. The molecule has 0 saturated heterocycles. The zero-order chi connectivity index (χ0) is 8.97. The van der Waals surface area contributed by atoms with E-state index in [0.717, 1.165) is 6.54 Å². The largest absolute Gasteiger partial charge is 0.369 e. The summed E-state index contributed by atoms with van der Waals surface area (Å²) >= 11 is 0. The predicted molar refractivity (Wildman–Crippen MR) is 45.6 cm³/mol. The molecule has 0 saturated carbocycles. The maximum Gasteiger partial charge on any atom is 0.147 e. The van der Waals surface area contributed by atoms with Crippen molar-refractivity contribution < 1.29 is 0 Å². The number of aryl methyl sites for hydroxylation is 1. The Kier molecular flexibility index (Phi) is 2.59. The average Bonchev–Trinajstić information content (AvgIpc) is 2.05. The van der Waals surface area contributed by atoms with Gasteiger partial charge in [0.2, 0.25) is 0 Å². The first-order valence-electron chi connectivity index (χ1n) is 3.75. The summed E-state index contributed by atoms with van der Waals surface area (Å²) in [5.74, 6) is 1.29. The van der Waals surface area contributed by atoms with Gasteiger partial charge in [0.1, 0.15) is 23.3 Å². The fraction of sp³-hybridized carbons (Fsp3) is 0.375. The van der Waals surface area contributed by atoms with Crippen LogP contribution >= 0.6 is 0 Å². The minimum Gasteiger partial charge on any atom is -0.369 e. The van der Waals surface area contributed by atoms with Gasteiger partial charge in [0, 0.05) is 6.54 Å². The van der Waals surface area contributed by atoms with E-state index >= 15 is 0 Å². The summed E-state index contributed by atoms with van der Waals surface area (Å²) < 4.78 is 0. The second-order valence-corrected chi connectivity index (χ2v) is 2.32. The summed E-state index contributed by atoms with van der Waals surface area (Å²) in [6.07, 6.45) is 1.53. The van der Waals surface area contributed by atoms with Gasteiger partial charge in [-0.3, -0.25) is 0 Å². The minimum absolute atomic E-state index is 0.488. The molecule has 1 heterocycles. The zero-order valence-corrected chi connectivity index (χ0v) is 7.13. The zero-order valence-electron chi connectivity index (χ0n) is 7.13. The Labute approximate surface area is 71.3 Å². The van der Waals surface area contributed by atoms with Gasteiger partial charge >= 0.3 is 0 Å². The summed E-state index contributed by atoms with van der Waals surface area (Å²) in [5.41, 5.74) is 0.488. The third kappa shape index (κ3) is 1.70. The molecule has 0 amide bonds. The smallest absolute Gasteiger partial charge is 0.147 e. The third-order valence-electron chi connectivity index (χ3n) is 1.37. The number of nitrogens with zero attached hydrogens (tertiary/aromatic N) is 3. The number of hydrogen-bond donors (Lipinski definition) is 1. The fourth-order valence-electron chi connectivity index (χ4n) is 0.854. The topological polar surface area (TPSA) is 61.6 Å². The molecule has 1 aromatic rings. The predicted octanol–water partition coefficient (Wildman–Crippen LogP) is 1.09. The SMILES string of the molecule is CCNc1nc(C)ncc1C#N. The summed E-state index contributed by atoms with van der Waals surface area (Å²) in [6.45, 7) is 4.51. The van der Waals surface area contributed by atoms with Crippen LogP contribution in [0.1, 0.15) is 18.3 Å². The van der Waals surface area contributed by atoms with E-state index in [4.69, 9.17) is 5.26 Å². The highest BCUT2D eigenvalue weighted by atomic mass is 15.0. The Morgan fingerprint density at radius 2 is 2.42 bits per heavy atom. The Morgan fingerprint density at radius 1 is 1.67 bits per heavy atom. The second-order valence-electron chi connectivity index (χ2n) is 2.32. The van der Waals surface area contributed by atoms with E-state index in [9.17, 15) is 0 Å². The fourth-order valence-corrected chi connectivity index (χ4v) is 0.854. The van der Waals surface area contributed by atoms with E-state index in [0.29, 0.717) is 17.2 Å². The summed E-state index contributed by atoms with van der Waals surface area (Å²) in [6, 6.07) is 2.02. The van der Waals surface area contributed by atoms with E-state index in [1.165, 1.54) is 6.20 Å². The first-order valence-corrected chi connectivity index (χ1v) is 3.75. The molecule has 0 bridgehead atoms. The van der Waals surface area contributed by atoms with Gasteiger partial charge in [-0.25, -0.2) is 9.97 Å². The molecule has 0 aliphatic heterocycles. The van der Waals surface area contributed by atoms with Crippen molar-refractivity contribution in [3.63, 3.8) is 0 Å². The highest BCUT2D eigenvalue weighted by molar-refractivity contribution is 5.50. The summed E-state index contributed by atoms with van der Waals surface area (Å²) in [5, 5.41) is 11.7. The Bertz CT molecular complexity index is 313. The molecule has 62 valence electrons. The molecule has 0 atom stereocenters. The number of rotatable bonds is 2. The Balaban J connectivity index is 3.06. The van der Waals surface area contributed by atoms with Gasteiger partial charge in [-0.1, -0.05) is 0 Å². The second kappa shape index (κ2) is 3.67. The van der Waals surface area contributed by atoms with E-state index < -0.39 is 0 Å². The van der Waals surface area contributed by atoms with Crippen molar-refractivity contribution in [2.45, 2.75) is 13.8 Å². The molecule has 1 aromatic heterocycles. The number of nitriles is 1. The number of nitrogens with one attached hydrogen (secondary N) is 1. The molecule has 0 radical (unpaired) electrons. The Hall–Kier alpha value is -1.63. The van der Waals surface area contributed by atoms with Gasteiger partial charge in [-0.05, 0) is 13.8 Å². The molecule has 4 heteroatoms. The van der Waals surface area contributed by atoms with Crippen LogP contribution in [0.5, 0.6) is 0 Å². The quantitative estimate of drug-likeness (QED) is 0.707. The van der Waals surface area contributed by atoms with Gasteiger partial charge in [-0.15, -0.1) is 0 Å². The van der Waals surface area contributed by atoms with Crippen molar-refractivity contribution in [3.05, 3.63) is 17.6 Å². The van der Waals surface area contributed by atoms with E-state index in [1.807, 2.05) is 13.0 Å². The molecule has 12 heavy (non-hydrogen) atoms. The van der Waals surface area contributed by atoms with Crippen molar-refractivity contribution in [3.8, 4) is 6.07 Å². The lowest BCUT2D eigenvalue weighted by Crippen LogP contribution is -2.03. The van der Waals surface area contributed by atoms with Crippen LogP contribution in [0, 0.1) is 18.3 Å². The monoisotopic (exact) mass is 162 g/mol. The Morgan fingerprint density at radius 3 is 3.00 bits per heavy atom. The van der Waals surface area contributed by atoms with Gasteiger partial charge in [-0.2, -0.15) is 5.26 Å². The normalized spacial score (nSPS) is 9.08. The molecule has 1 rings (SSSR count). The van der Waals surface area contributed by atoms with E-state index in [1.54, 1.807) is 6.92 Å². The highest BCUT2D eigenvalue weighted by Crippen LogP contribution is 2.08. The van der Waals surface area contributed by atoms with Crippen LogP contribution in [0.15, 0.2) is 6.20 Å². The van der Waals surface area contributed by atoms with Crippen LogP contribution in [0.4, 0.5) is 5.82 Å². The minimum atomic E-state index is 0.488. The maximum absolute atomic E-state index is 8.67. The molecular weight excluding hydrogens is 152 g/mol. The molecule has 0 aliphatic carbocycles. The van der Waals surface area contributed by atoms with Crippen LogP contribution in [0.25, 0.3) is 0 Å². The maximum atomic E-state index is 8.67. The first kappa shape index (κ1) is 8.47. The van der Waals surface area contributed by atoms with Crippen molar-refractivity contribution in [1.82, 2.24) is 9.97 Å². The van der Waals surface area contributed by atoms with Crippen LogP contribution in [0.3, 0.4) is 0 Å². The van der Waals surface area contributed by atoms with Gasteiger partial charge in [0.05, 0.1) is 6.20 Å². The lowest BCUT2D eigenvalue weighted by molar-refractivity contribution is 1.03. The van der Waals surface area contributed by atoms with Gasteiger partial charge in [0.15, 0.2) is 0 Å². The van der Waals surface area contributed by atoms with Crippen molar-refractivity contribution in [2.24, 2.45) is 0 Å². The van der Waals surface area contributed by atoms with Crippen molar-refractivity contribution in [1.29, 1.82) is 5.26 Å². The van der Waals surface area contributed by atoms with Crippen LogP contribution in [-0.4, -0.2) is 16.5 Å². The summed E-state index contributed by atoms with van der Waals surface area (Å²) in [4.78, 5) is 8.01. The van der Waals surface area contributed by atoms with Crippen molar-refractivity contribution >= 4 is 5.82 Å². The molecule has 0 aromatic carbocycles. The third-order valence-corrected chi connectivity index (χ3v) is 1.37. The molecule has 0 unspecified atom stereocenters. The molecule has 1 N–H and O–H groups in total. The number of anilines is 1. The molecular formula is C8H10N4. The van der Waals surface area contributed by atoms with Crippen LogP contribution < -0.4 is 5.32 Å². The number of aromatic nitrogens is 2. The summed E-state index contributed by atoms with van der Waals surface area (Å²) in [7, 11) is 0. The van der Waals surface area contributed by atoms with E-state index in [-0.39, 0.29) is 0 Å². The molecule has 0 fully saturated rings. The average molecular weight is 162 g/mol.